The Morgan fingerprint density at radius 1 is 1.24 bits per heavy atom. The van der Waals surface area contributed by atoms with Gasteiger partial charge in [-0.15, -0.1) is 5.10 Å². The molecule has 2 heterocycles. The summed E-state index contributed by atoms with van der Waals surface area (Å²) in [7, 11) is 4.73. The second-order valence-corrected chi connectivity index (χ2v) is 5.20. The van der Waals surface area contributed by atoms with Gasteiger partial charge >= 0.3 is 6.01 Å². The zero-order valence-corrected chi connectivity index (χ0v) is 14.2. The molecule has 0 radical (unpaired) electrons. The number of aryl methyl sites for hydroxylation is 2. The van der Waals surface area contributed by atoms with Gasteiger partial charge in [0.15, 0.2) is 11.5 Å². The van der Waals surface area contributed by atoms with E-state index in [-0.39, 0.29) is 17.5 Å². The molecule has 2 aromatic heterocycles. The minimum absolute atomic E-state index is 0.0243. The van der Waals surface area contributed by atoms with Crippen molar-refractivity contribution in [2.75, 3.05) is 19.5 Å². The van der Waals surface area contributed by atoms with Gasteiger partial charge < -0.3 is 13.9 Å². The Morgan fingerprint density at radius 3 is 2.68 bits per heavy atom. The minimum Gasteiger partial charge on any atom is -0.493 e. The zero-order valence-electron chi connectivity index (χ0n) is 14.2. The predicted molar refractivity (Wildman–Crippen MR) is 88.7 cm³/mol. The maximum absolute atomic E-state index is 12.5. The summed E-state index contributed by atoms with van der Waals surface area (Å²) >= 11 is 0. The molecule has 0 bridgehead atoms. The first kappa shape index (κ1) is 16.5. The molecule has 130 valence electrons. The maximum Gasteiger partial charge on any atom is 0.322 e. The fourth-order valence-corrected chi connectivity index (χ4v) is 2.42. The van der Waals surface area contributed by atoms with Gasteiger partial charge in [0.25, 0.3) is 11.8 Å². The number of amides is 1. The van der Waals surface area contributed by atoms with E-state index < -0.39 is 5.91 Å². The van der Waals surface area contributed by atoms with Crippen LogP contribution in [-0.4, -0.2) is 40.1 Å². The summed E-state index contributed by atoms with van der Waals surface area (Å²) in [4.78, 5) is 12.5. The number of anilines is 1. The third kappa shape index (κ3) is 3.16. The van der Waals surface area contributed by atoms with E-state index in [4.69, 9.17) is 13.9 Å². The lowest BCUT2D eigenvalue weighted by Gasteiger charge is -2.11. The second-order valence-electron chi connectivity index (χ2n) is 5.20. The first-order valence-electron chi connectivity index (χ1n) is 7.40. The van der Waals surface area contributed by atoms with Crippen LogP contribution in [0.5, 0.6) is 11.5 Å². The summed E-state index contributed by atoms with van der Waals surface area (Å²) in [6.07, 6.45) is 0. The Morgan fingerprint density at radius 2 is 2.04 bits per heavy atom. The third-order valence-electron chi connectivity index (χ3n) is 3.51. The van der Waals surface area contributed by atoms with Gasteiger partial charge in [-0.3, -0.25) is 14.8 Å². The molecule has 0 aliphatic heterocycles. The number of nitrogens with one attached hydrogen (secondary N) is 1. The van der Waals surface area contributed by atoms with Gasteiger partial charge in [0.2, 0.25) is 0 Å². The highest BCUT2D eigenvalue weighted by Gasteiger charge is 2.19. The summed E-state index contributed by atoms with van der Waals surface area (Å²) in [6.45, 7) is 1.86. The number of ether oxygens (including phenoxy) is 2. The fourth-order valence-electron chi connectivity index (χ4n) is 2.42. The van der Waals surface area contributed by atoms with Gasteiger partial charge in [-0.2, -0.15) is 5.10 Å². The Bertz CT molecular complexity index is 915. The molecule has 9 heteroatoms. The highest BCUT2D eigenvalue weighted by molar-refractivity contribution is 6.05. The first-order valence-corrected chi connectivity index (χ1v) is 7.40. The molecule has 1 N–H and O–H groups in total. The SMILES string of the molecule is COc1cccc(C(=O)Nc2nnc(-c3cc(C)nn3C)o2)c1OC. The van der Waals surface area contributed by atoms with Crippen LogP contribution < -0.4 is 14.8 Å². The van der Waals surface area contributed by atoms with Crippen LogP contribution in [0.2, 0.25) is 0 Å². The molecule has 0 atom stereocenters. The number of aromatic nitrogens is 4. The fraction of sp³-hybridized carbons (Fsp3) is 0.250. The molecule has 0 aliphatic rings. The molecule has 3 aromatic rings. The van der Waals surface area contributed by atoms with E-state index in [1.165, 1.54) is 14.2 Å². The lowest BCUT2D eigenvalue weighted by molar-refractivity contribution is 0.102. The predicted octanol–water partition coefficient (Wildman–Crippen LogP) is 2.05. The number of carbonyl (C=O) groups is 1. The summed E-state index contributed by atoms with van der Waals surface area (Å²) in [6, 6.07) is 6.78. The number of hydrogen-bond donors (Lipinski definition) is 1. The maximum atomic E-state index is 12.5. The Balaban J connectivity index is 1.84. The summed E-state index contributed by atoms with van der Waals surface area (Å²) < 4.78 is 17.6. The van der Waals surface area contributed by atoms with E-state index in [9.17, 15) is 4.79 Å². The molecule has 1 aromatic carbocycles. The van der Waals surface area contributed by atoms with Crippen LogP contribution in [0.3, 0.4) is 0 Å². The number of methoxy groups -OCH3 is 2. The van der Waals surface area contributed by atoms with Crippen molar-refractivity contribution >= 4 is 11.9 Å². The van der Waals surface area contributed by atoms with Crippen LogP contribution in [-0.2, 0) is 7.05 Å². The molecule has 1 amide bonds. The van der Waals surface area contributed by atoms with Crippen LogP contribution in [0, 0.1) is 6.92 Å². The van der Waals surface area contributed by atoms with E-state index in [1.807, 2.05) is 13.0 Å². The molecule has 3 rings (SSSR count). The largest absolute Gasteiger partial charge is 0.493 e. The molecule has 0 saturated heterocycles. The van der Waals surface area contributed by atoms with E-state index in [2.05, 4.69) is 20.6 Å². The van der Waals surface area contributed by atoms with Gasteiger partial charge in [-0.05, 0) is 25.1 Å². The summed E-state index contributed by atoms with van der Waals surface area (Å²) in [5, 5.41) is 14.6. The first-order chi connectivity index (χ1) is 12.0. The molecule has 0 saturated carbocycles. The van der Waals surface area contributed by atoms with Gasteiger partial charge in [0, 0.05) is 7.05 Å². The van der Waals surface area contributed by atoms with Gasteiger partial charge in [0.05, 0.1) is 25.5 Å². The number of para-hydroxylation sites is 1. The number of rotatable bonds is 5. The van der Waals surface area contributed by atoms with Gasteiger partial charge in [0.1, 0.15) is 5.69 Å². The molecule has 0 fully saturated rings. The number of hydrogen-bond acceptors (Lipinski definition) is 7. The number of benzene rings is 1. The van der Waals surface area contributed by atoms with E-state index in [1.54, 1.807) is 29.9 Å². The molecular formula is C16H17N5O4. The van der Waals surface area contributed by atoms with Crippen molar-refractivity contribution in [3.63, 3.8) is 0 Å². The highest BCUT2D eigenvalue weighted by Crippen LogP contribution is 2.31. The standard InChI is InChI=1S/C16H17N5O4/c1-9-8-11(21(2)20-9)15-18-19-16(25-15)17-14(22)10-6-5-7-12(23-3)13(10)24-4/h5-8H,1-4H3,(H,17,19,22). The van der Waals surface area contributed by atoms with Crippen molar-refractivity contribution in [1.82, 2.24) is 20.0 Å². The van der Waals surface area contributed by atoms with Crippen LogP contribution in [0.1, 0.15) is 16.1 Å². The van der Waals surface area contributed by atoms with Crippen molar-refractivity contribution in [3.05, 3.63) is 35.5 Å². The zero-order chi connectivity index (χ0) is 18.0. The lowest BCUT2D eigenvalue weighted by atomic mass is 10.1. The molecule has 25 heavy (non-hydrogen) atoms. The van der Waals surface area contributed by atoms with Gasteiger partial charge in [-0.1, -0.05) is 11.2 Å². The van der Waals surface area contributed by atoms with Crippen molar-refractivity contribution in [1.29, 1.82) is 0 Å². The number of nitrogens with zero attached hydrogens (tertiary/aromatic N) is 4. The molecule has 0 spiro atoms. The van der Waals surface area contributed by atoms with E-state index in [0.29, 0.717) is 17.2 Å². The Kier molecular flexibility index (Phi) is 4.38. The molecule has 0 unspecified atom stereocenters. The Labute approximate surface area is 143 Å². The number of carbonyl (C=O) groups excluding carboxylic acids is 1. The van der Waals surface area contributed by atoms with E-state index >= 15 is 0 Å². The summed E-state index contributed by atoms with van der Waals surface area (Å²) in [5.41, 5.74) is 1.77. The van der Waals surface area contributed by atoms with E-state index in [0.717, 1.165) is 5.69 Å². The Hall–Kier alpha value is -3.36. The summed E-state index contributed by atoms with van der Waals surface area (Å²) in [5.74, 6) is 0.583. The smallest absolute Gasteiger partial charge is 0.322 e. The molecular weight excluding hydrogens is 326 g/mol. The van der Waals surface area contributed by atoms with Crippen LogP contribution >= 0.6 is 0 Å². The van der Waals surface area contributed by atoms with Crippen molar-refractivity contribution in [3.8, 4) is 23.1 Å². The molecule has 9 nitrogen and oxygen atoms in total. The van der Waals surface area contributed by atoms with Crippen LogP contribution in [0.25, 0.3) is 11.6 Å². The lowest BCUT2D eigenvalue weighted by Crippen LogP contribution is -2.13. The molecule has 0 aliphatic carbocycles. The van der Waals surface area contributed by atoms with Crippen molar-refractivity contribution < 1.29 is 18.7 Å². The average Bonchev–Trinajstić information content (AvgIpc) is 3.19. The highest BCUT2D eigenvalue weighted by atomic mass is 16.5. The van der Waals surface area contributed by atoms with Crippen molar-refractivity contribution in [2.24, 2.45) is 7.05 Å². The van der Waals surface area contributed by atoms with Crippen molar-refractivity contribution in [2.45, 2.75) is 6.92 Å². The van der Waals surface area contributed by atoms with Gasteiger partial charge in [-0.25, -0.2) is 0 Å². The quantitative estimate of drug-likeness (QED) is 0.756. The third-order valence-corrected chi connectivity index (χ3v) is 3.51. The minimum atomic E-state index is -0.452. The normalized spacial score (nSPS) is 10.6. The topological polar surface area (TPSA) is 104 Å². The second kappa shape index (κ2) is 6.63. The van der Waals surface area contributed by atoms with Crippen LogP contribution in [0.15, 0.2) is 28.7 Å². The van der Waals surface area contributed by atoms with Crippen LogP contribution in [0.4, 0.5) is 6.01 Å². The monoisotopic (exact) mass is 343 g/mol. The average molecular weight is 343 g/mol.